The van der Waals surface area contributed by atoms with Crippen LogP contribution in [0.4, 0.5) is 10.6 Å². The van der Waals surface area contributed by atoms with Crippen molar-refractivity contribution in [2.45, 2.75) is 77.2 Å². The molecule has 5 N–H and O–H groups in total. The Morgan fingerprint density at radius 2 is 1.89 bits per heavy atom. The van der Waals surface area contributed by atoms with Crippen molar-refractivity contribution in [3.63, 3.8) is 0 Å². The second kappa shape index (κ2) is 12.3. The minimum Gasteiger partial charge on any atom is -0.464 e. The van der Waals surface area contributed by atoms with Crippen molar-refractivity contribution in [2.75, 3.05) is 18.5 Å². The van der Waals surface area contributed by atoms with Gasteiger partial charge in [0.05, 0.1) is 19.6 Å². The zero-order chi connectivity index (χ0) is 27.2. The average molecular weight is 515 g/mol. The van der Waals surface area contributed by atoms with E-state index in [2.05, 4.69) is 15.6 Å². The van der Waals surface area contributed by atoms with Crippen LogP contribution in [-0.2, 0) is 23.8 Å². The molecular formula is C22H34N4O10. The van der Waals surface area contributed by atoms with Crippen molar-refractivity contribution in [1.29, 1.82) is 0 Å². The highest BCUT2D eigenvalue weighted by Gasteiger charge is 2.43. The molecular weight excluding hydrogens is 480 g/mol. The summed E-state index contributed by atoms with van der Waals surface area (Å²) in [5.41, 5.74) is -1.75. The van der Waals surface area contributed by atoms with Gasteiger partial charge < -0.3 is 40.2 Å². The van der Waals surface area contributed by atoms with Gasteiger partial charge in [-0.1, -0.05) is 13.8 Å². The van der Waals surface area contributed by atoms with Crippen LogP contribution in [0.3, 0.4) is 0 Å². The lowest BCUT2D eigenvalue weighted by atomic mass is 10.1. The number of esters is 1. The minimum atomic E-state index is -1.49. The second-order valence-corrected chi connectivity index (χ2v) is 9.71. The standard InChI is InChI=1S/C22H34N4O10/c1-11(2)10-34-19(31)12(23-21(33)36-22(3,4)5)8-15(28)24-14-6-7-26(20(32)25-14)18-17(30)16(29)13(9-27)35-18/h6-7,11-13,16-18,27,29-30H,8-10H2,1-5H3,(H,23,33)(H,24,25,28,32)/t12?,13-,16?,17?,18-/m1/s1. The van der Waals surface area contributed by atoms with Gasteiger partial charge in [-0.2, -0.15) is 4.98 Å². The summed E-state index contributed by atoms with van der Waals surface area (Å²) in [6.07, 6.45) is -5.54. The number of aliphatic hydroxyl groups is 3. The van der Waals surface area contributed by atoms with Crippen LogP contribution in [0.15, 0.2) is 17.1 Å². The molecule has 1 aromatic rings. The van der Waals surface area contributed by atoms with Crippen molar-refractivity contribution >= 4 is 23.8 Å². The minimum absolute atomic E-state index is 0.0248. The third-order valence-electron chi connectivity index (χ3n) is 4.81. The van der Waals surface area contributed by atoms with Crippen LogP contribution >= 0.6 is 0 Å². The molecule has 14 nitrogen and oxygen atoms in total. The summed E-state index contributed by atoms with van der Waals surface area (Å²) in [6, 6.07) is -0.126. The van der Waals surface area contributed by atoms with E-state index >= 15 is 0 Å². The highest BCUT2D eigenvalue weighted by atomic mass is 16.6. The molecule has 1 saturated heterocycles. The summed E-state index contributed by atoms with van der Waals surface area (Å²) in [5, 5.41) is 33.8. The molecule has 2 amide bonds. The lowest BCUT2D eigenvalue weighted by Crippen LogP contribution is -2.46. The number of amides is 2. The molecule has 0 saturated carbocycles. The maximum Gasteiger partial charge on any atom is 0.408 e. The first-order chi connectivity index (χ1) is 16.7. The predicted molar refractivity (Wildman–Crippen MR) is 124 cm³/mol. The van der Waals surface area contributed by atoms with Crippen LogP contribution in [-0.4, -0.2) is 86.0 Å². The molecule has 0 aromatic carbocycles. The topological polar surface area (TPSA) is 199 Å². The normalized spacial score (nSPS) is 22.7. The van der Waals surface area contributed by atoms with Gasteiger partial charge in [-0.3, -0.25) is 9.36 Å². The summed E-state index contributed by atoms with van der Waals surface area (Å²) in [4.78, 5) is 53.3. The van der Waals surface area contributed by atoms with Gasteiger partial charge in [-0.05, 0) is 32.8 Å². The molecule has 1 aliphatic heterocycles. The van der Waals surface area contributed by atoms with Gasteiger partial charge in [0.1, 0.15) is 35.8 Å². The van der Waals surface area contributed by atoms with Gasteiger partial charge in [-0.25, -0.2) is 14.4 Å². The number of hydrogen-bond acceptors (Lipinski definition) is 11. The van der Waals surface area contributed by atoms with E-state index in [1.807, 2.05) is 13.8 Å². The number of anilines is 1. The number of aromatic nitrogens is 2. The fourth-order valence-electron chi connectivity index (χ4n) is 3.16. The molecule has 2 heterocycles. The third kappa shape index (κ3) is 8.26. The van der Waals surface area contributed by atoms with Crippen LogP contribution in [0.1, 0.15) is 47.3 Å². The average Bonchev–Trinajstić information content (AvgIpc) is 3.04. The second-order valence-electron chi connectivity index (χ2n) is 9.71. The van der Waals surface area contributed by atoms with E-state index in [1.54, 1.807) is 20.8 Å². The van der Waals surface area contributed by atoms with E-state index < -0.39 is 72.9 Å². The van der Waals surface area contributed by atoms with E-state index in [4.69, 9.17) is 14.2 Å². The Hall–Kier alpha value is -3.07. The Labute approximate surface area is 207 Å². The molecule has 0 bridgehead atoms. The number of aliphatic hydroxyl groups excluding tert-OH is 3. The fourth-order valence-corrected chi connectivity index (χ4v) is 3.16. The zero-order valence-electron chi connectivity index (χ0n) is 20.8. The molecule has 1 aliphatic rings. The number of carbonyl (C=O) groups excluding carboxylic acids is 3. The van der Waals surface area contributed by atoms with Gasteiger partial charge in [0, 0.05) is 6.20 Å². The van der Waals surface area contributed by atoms with Gasteiger partial charge >= 0.3 is 17.8 Å². The van der Waals surface area contributed by atoms with E-state index in [-0.39, 0.29) is 18.3 Å². The van der Waals surface area contributed by atoms with Crippen LogP contribution < -0.4 is 16.3 Å². The Morgan fingerprint density at radius 3 is 2.42 bits per heavy atom. The maximum absolute atomic E-state index is 12.6. The first kappa shape index (κ1) is 29.2. The predicted octanol–water partition coefficient (Wildman–Crippen LogP) is -0.724. The van der Waals surface area contributed by atoms with E-state index in [1.165, 1.54) is 12.3 Å². The molecule has 36 heavy (non-hydrogen) atoms. The molecule has 0 radical (unpaired) electrons. The first-order valence-corrected chi connectivity index (χ1v) is 11.4. The fraction of sp³-hybridized carbons (Fsp3) is 0.682. The Morgan fingerprint density at radius 1 is 1.22 bits per heavy atom. The van der Waals surface area contributed by atoms with Crippen molar-refractivity contribution in [3.8, 4) is 0 Å². The molecule has 5 atom stereocenters. The Balaban J connectivity index is 2.09. The molecule has 202 valence electrons. The highest BCUT2D eigenvalue weighted by molar-refractivity contribution is 5.94. The molecule has 3 unspecified atom stereocenters. The number of alkyl carbamates (subject to hydrolysis) is 1. The number of ether oxygens (including phenoxy) is 3. The van der Waals surface area contributed by atoms with Gasteiger partial charge in [-0.15, -0.1) is 0 Å². The molecule has 1 aromatic heterocycles. The van der Waals surface area contributed by atoms with Crippen molar-refractivity contribution in [1.82, 2.24) is 14.9 Å². The van der Waals surface area contributed by atoms with Gasteiger partial charge in [0.2, 0.25) is 5.91 Å². The van der Waals surface area contributed by atoms with Crippen molar-refractivity contribution in [2.24, 2.45) is 5.92 Å². The number of hydrogen-bond donors (Lipinski definition) is 5. The molecule has 14 heteroatoms. The largest absolute Gasteiger partial charge is 0.464 e. The van der Waals surface area contributed by atoms with E-state index in [0.29, 0.717) is 0 Å². The van der Waals surface area contributed by atoms with Crippen LogP contribution in [0.25, 0.3) is 0 Å². The SMILES string of the molecule is CC(C)COC(=O)C(CC(=O)Nc1ccn([C@@H]2O[C@H](CO)C(O)C2O)c(=O)n1)NC(=O)OC(C)(C)C. The van der Waals surface area contributed by atoms with Gasteiger partial charge in [0.15, 0.2) is 6.23 Å². The quantitative estimate of drug-likeness (QED) is 0.260. The number of nitrogens with zero attached hydrogens (tertiary/aromatic N) is 2. The third-order valence-corrected chi connectivity index (χ3v) is 4.81. The summed E-state index contributed by atoms with van der Waals surface area (Å²) in [6.45, 7) is 8.07. The van der Waals surface area contributed by atoms with Crippen molar-refractivity contribution < 1.29 is 43.9 Å². The maximum atomic E-state index is 12.6. The molecule has 0 aliphatic carbocycles. The monoisotopic (exact) mass is 514 g/mol. The summed E-state index contributed by atoms with van der Waals surface area (Å²) < 4.78 is 16.5. The zero-order valence-corrected chi connectivity index (χ0v) is 20.8. The molecule has 2 rings (SSSR count). The van der Waals surface area contributed by atoms with Crippen LogP contribution in [0, 0.1) is 5.92 Å². The van der Waals surface area contributed by atoms with Crippen LogP contribution in [0.2, 0.25) is 0 Å². The number of nitrogens with one attached hydrogen (secondary N) is 2. The summed E-state index contributed by atoms with van der Waals surface area (Å²) >= 11 is 0. The van der Waals surface area contributed by atoms with Crippen LogP contribution in [0.5, 0.6) is 0 Å². The number of carbonyl (C=O) groups is 3. The van der Waals surface area contributed by atoms with E-state index in [9.17, 15) is 34.5 Å². The molecule has 1 fully saturated rings. The van der Waals surface area contributed by atoms with Crippen molar-refractivity contribution in [3.05, 3.63) is 22.7 Å². The summed E-state index contributed by atoms with van der Waals surface area (Å²) in [5.74, 6) is -1.73. The van der Waals surface area contributed by atoms with E-state index in [0.717, 1.165) is 4.57 Å². The molecule has 0 spiro atoms. The number of rotatable bonds is 9. The van der Waals surface area contributed by atoms with Gasteiger partial charge in [0.25, 0.3) is 0 Å². The Bertz CT molecular complexity index is 990. The lowest BCUT2D eigenvalue weighted by Gasteiger charge is -2.23. The lowest BCUT2D eigenvalue weighted by molar-refractivity contribution is -0.148. The first-order valence-electron chi connectivity index (χ1n) is 11.4. The smallest absolute Gasteiger partial charge is 0.408 e. The Kier molecular flexibility index (Phi) is 9.93. The summed E-state index contributed by atoms with van der Waals surface area (Å²) in [7, 11) is 0. The highest BCUT2D eigenvalue weighted by Crippen LogP contribution is 2.28.